The molecular formula is C11H23N3O2. The number of rotatable bonds is 7. The van der Waals surface area contributed by atoms with Gasteiger partial charge in [-0.25, -0.2) is 0 Å². The number of amides is 2. The van der Waals surface area contributed by atoms with Crippen LogP contribution in [-0.4, -0.2) is 43.9 Å². The van der Waals surface area contributed by atoms with E-state index in [0.29, 0.717) is 38.3 Å². The van der Waals surface area contributed by atoms with Crippen molar-refractivity contribution in [3.8, 4) is 0 Å². The Morgan fingerprint density at radius 2 is 1.94 bits per heavy atom. The summed E-state index contributed by atoms with van der Waals surface area (Å²) in [5.41, 5.74) is 5.43. The molecule has 0 saturated carbocycles. The average molecular weight is 229 g/mol. The van der Waals surface area contributed by atoms with Gasteiger partial charge >= 0.3 is 0 Å². The van der Waals surface area contributed by atoms with Crippen LogP contribution >= 0.6 is 0 Å². The molecule has 0 bridgehead atoms. The fraction of sp³-hybridized carbons (Fsp3) is 0.818. The van der Waals surface area contributed by atoms with Gasteiger partial charge in [0, 0.05) is 33.5 Å². The quantitative estimate of drug-likeness (QED) is 0.643. The Morgan fingerprint density at radius 3 is 2.44 bits per heavy atom. The zero-order chi connectivity index (χ0) is 12.6. The summed E-state index contributed by atoms with van der Waals surface area (Å²) in [5, 5.41) is 2.79. The van der Waals surface area contributed by atoms with Gasteiger partial charge in [-0.15, -0.1) is 0 Å². The number of nitrogens with one attached hydrogen (secondary N) is 1. The molecule has 2 amide bonds. The molecule has 0 spiro atoms. The summed E-state index contributed by atoms with van der Waals surface area (Å²) in [6, 6.07) is 0. The van der Waals surface area contributed by atoms with Crippen LogP contribution in [0.2, 0.25) is 0 Å². The van der Waals surface area contributed by atoms with Crippen LogP contribution in [0.1, 0.15) is 26.2 Å². The van der Waals surface area contributed by atoms with Gasteiger partial charge < -0.3 is 16.0 Å². The monoisotopic (exact) mass is 229 g/mol. The van der Waals surface area contributed by atoms with Crippen LogP contribution in [0.3, 0.4) is 0 Å². The number of nitrogens with two attached hydrogens (primary N) is 1. The van der Waals surface area contributed by atoms with Crippen LogP contribution in [0, 0.1) is 5.92 Å². The van der Waals surface area contributed by atoms with Gasteiger partial charge in [-0.2, -0.15) is 0 Å². The molecule has 0 heterocycles. The highest BCUT2D eigenvalue weighted by Gasteiger charge is 2.07. The minimum Gasteiger partial charge on any atom is -0.356 e. The van der Waals surface area contributed by atoms with Crippen molar-refractivity contribution in [1.29, 1.82) is 0 Å². The molecule has 0 aromatic carbocycles. The highest BCUT2D eigenvalue weighted by atomic mass is 16.2. The Hall–Kier alpha value is -1.10. The first-order valence-corrected chi connectivity index (χ1v) is 5.64. The van der Waals surface area contributed by atoms with Crippen LogP contribution in [0.5, 0.6) is 0 Å². The number of nitrogens with zero attached hydrogens (tertiary/aromatic N) is 1. The first kappa shape index (κ1) is 14.9. The first-order chi connectivity index (χ1) is 7.47. The predicted octanol–water partition coefficient (Wildman–Crippen LogP) is -0.0441. The maximum Gasteiger partial charge on any atom is 0.222 e. The van der Waals surface area contributed by atoms with Crippen molar-refractivity contribution in [1.82, 2.24) is 10.2 Å². The Balaban J connectivity index is 3.55. The number of carbonyl (C=O) groups excluding carboxylic acids is 2. The molecular weight excluding hydrogens is 206 g/mol. The smallest absolute Gasteiger partial charge is 0.222 e. The summed E-state index contributed by atoms with van der Waals surface area (Å²) in [6.07, 6.45) is 1.42. The van der Waals surface area contributed by atoms with Crippen molar-refractivity contribution >= 4 is 11.8 Å². The zero-order valence-corrected chi connectivity index (χ0v) is 10.5. The molecule has 0 aliphatic carbocycles. The Labute approximate surface area is 97.4 Å². The zero-order valence-electron chi connectivity index (χ0n) is 10.5. The van der Waals surface area contributed by atoms with E-state index in [0.717, 1.165) is 0 Å². The van der Waals surface area contributed by atoms with Crippen molar-refractivity contribution < 1.29 is 9.59 Å². The SMILES string of the molecule is CC(CN)CNC(=O)CCCC(=O)N(C)C. The summed E-state index contributed by atoms with van der Waals surface area (Å²) in [5.74, 6) is 0.349. The van der Waals surface area contributed by atoms with E-state index in [-0.39, 0.29) is 11.8 Å². The minimum absolute atomic E-state index is 0.00754. The third-order valence-corrected chi connectivity index (χ3v) is 2.34. The van der Waals surface area contributed by atoms with Gasteiger partial charge in [0.2, 0.25) is 11.8 Å². The molecule has 1 unspecified atom stereocenters. The third-order valence-electron chi connectivity index (χ3n) is 2.34. The molecule has 0 saturated heterocycles. The second-order valence-electron chi connectivity index (χ2n) is 4.29. The van der Waals surface area contributed by atoms with Crippen molar-refractivity contribution in [3.05, 3.63) is 0 Å². The summed E-state index contributed by atoms with van der Waals surface area (Å²) in [4.78, 5) is 24.1. The maximum atomic E-state index is 11.3. The van der Waals surface area contributed by atoms with Crippen molar-refractivity contribution in [2.45, 2.75) is 26.2 Å². The van der Waals surface area contributed by atoms with Gasteiger partial charge in [0.1, 0.15) is 0 Å². The average Bonchev–Trinajstić information content (AvgIpc) is 2.25. The molecule has 0 rings (SSSR count). The van der Waals surface area contributed by atoms with E-state index >= 15 is 0 Å². The van der Waals surface area contributed by atoms with Crippen molar-refractivity contribution in [2.75, 3.05) is 27.2 Å². The largest absolute Gasteiger partial charge is 0.356 e. The predicted molar refractivity (Wildman–Crippen MR) is 63.8 cm³/mol. The standard InChI is InChI=1S/C11H23N3O2/c1-9(7-12)8-13-10(15)5-4-6-11(16)14(2)3/h9H,4-8,12H2,1-3H3,(H,13,15). The van der Waals surface area contributed by atoms with Crippen LogP contribution in [0.25, 0.3) is 0 Å². The second-order valence-corrected chi connectivity index (χ2v) is 4.29. The summed E-state index contributed by atoms with van der Waals surface area (Å²) in [7, 11) is 3.43. The molecule has 0 aromatic rings. The van der Waals surface area contributed by atoms with E-state index < -0.39 is 0 Å². The van der Waals surface area contributed by atoms with Crippen molar-refractivity contribution in [3.63, 3.8) is 0 Å². The van der Waals surface area contributed by atoms with Crippen LogP contribution in [-0.2, 0) is 9.59 Å². The summed E-state index contributed by atoms with van der Waals surface area (Å²) >= 11 is 0. The summed E-state index contributed by atoms with van der Waals surface area (Å²) < 4.78 is 0. The normalized spacial score (nSPS) is 12.0. The number of hydrogen-bond donors (Lipinski definition) is 2. The van der Waals surface area contributed by atoms with E-state index in [1.165, 1.54) is 4.90 Å². The Bertz CT molecular complexity index is 229. The Kier molecular flexibility index (Phi) is 7.54. The van der Waals surface area contributed by atoms with Crippen LogP contribution in [0.4, 0.5) is 0 Å². The van der Waals surface area contributed by atoms with Gasteiger partial charge in [0.15, 0.2) is 0 Å². The van der Waals surface area contributed by atoms with Gasteiger partial charge in [0.05, 0.1) is 0 Å². The maximum absolute atomic E-state index is 11.3. The van der Waals surface area contributed by atoms with Gasteiger partial charge in [-0.3, -0.25) is 9.59 Å². The molecule has 5 heteroatoms. The molecule has 0 aliphatic heterocycles. The lowest BCUT2D eigenvalue weighted by Gasteiger charge is -2.11. The molecule has 3 N–H and O–H groups in total. The minimum atomic E-state index is -0.00754. The summed E-state index contributed by atoms with van der Waals surface area (Å²) in [6.45, 7) is 3.16. The lowest BCUT2D eigenvalue weighted by atomic mass is 10.1. The van der Waals surface area contributed by atoms with Gasteiger partial charge in [0.25, 0.3) is 0 Å². The number of hydrogen-bond acceptors (Lipinski definition) is 3. The molecule has 0 radical (unpaired) electrons. The van der Waals surface area contributed by atoms with E-state index in [1.54, 1.807) is 14.1 Å². The van der Waals surface area contributed by atoms with E-state index in [2.05, 4.69) is 5.32 Å². The van der Waals surface area contributed by atoms with Gasteiger partial charge in [-0.05, 0) is 18.9 Å². The topological polar surface area (TPSA) is 75.4 Å². The lowest BCUT2D eigenvalue weighted by Crippen LogP contribution is -2.31. The van der Waals surface area contributed by atoms with Crippen molar-refractivity contribution in [2.24, 2.45) is 11.7 Å². The molecule has 0 fully saturated rings. The van der Waals surface area contributed by atoms with Gasteiger partial charge in [-0.1, -0.05) is 6.92 Å². The fourth-order valence-electron chi connectivity index (χ4n) is 1.08. The molecule has 94 valence electrons. The first-order valence-electron chi connectivity index (χ1n) is 5.64. The molecule has 5 nitrogen and oxygen atoms in total. The molecule has 1 atom stereocenters. The molecule has 0 aliphatic rings. The fourth-order valence-corrected chi connectivity index (χ4v) is 1.08. The van der Waals surface area contributed by atoms with E-state index in [4.69, 9.17) is 5.73 Å². The molecule has 16 heavy (non-hydrogen) atoms. The highest BCUT2D eigenvalue weighted by Crippen LogP contribution is 1.98. The second kappa shape index (κ2) is 8.10. The lowest BCUT2D eigenvalue weighted by molar-refractivity contribution is -0.129. The number of carbonyl (C=O) groups is 2. The van der Waals surface area contributed by atoms with E-state index in [9.17, 15) is 9.59 Å². The highest BCUT2D eigenvalue weighted by molar-refractivity contribution is 5.78. The van der Waals surface area contributed by atoms with E-state index in [1.807, 2.05) is 6.92 Å². The van der Waals surface area contributed by atoms with Crippen LogP contribution in [0.15, 0.2) is 0 Å². The Morgan fingerprint density at radius 1 is 1.31 bits per heavy atom. The third kappa shape index (κ3) is 7.23. The molecule has 0 aromatic heterocycles. The van der Waals surface area contributed by atoms with Crippen LogP contribution < -0.4 is 11.1 Å².